The van der Waals surface area contributed by atoms with Gasteiger partial charge in [-0.3, -0.25) is 0 Å². The Morgan fingerprint density at radius 3 is 2.30 bits per heavy atom. The summed E-state index contributed by atoms with van der Waals surface area (Å²) in [4.78, 5) is 0. The molecule has 4 nitrogen and oxygen atoms in total. The topological polar surface area (TPSA) is 51.5 Å². The van der Waals surface area contributed by atoms with Crippen LogP contribution in [0.1, 0.15) is 40.5 Å². The van der Waals surface area contributed by atoms with Crippen LogP contribution in [0.3, 0.4) is 0 Å². The number of nitrogens with zero attached hydrogens (tertiary/aromatic N) is 1. The summed E-state index contributed by atoms with van der Waals surface area (Å²) >= 11 is 0. The molecule has 1 saturated heterocycles. The van der Waals surface area contributed by atoms with Crippen LogP contribution >= 0.6 is 0 Å². The summed E-state index contributed by atoms with van der Waals surface area (Å²) in [5.74, 6) is -0.308. The Kier molecular flexibility index (Phi) is 3.70. The van der Waals surface area contributed by atoms with Crippen molar-refractivity contribution >= 4 is 12.6 Å². The van der Waals surface area contributed by atoms with Crippen LogP contribution < -0.4 is 10.2 Å². The molecule has 1 aromatic carbocycles. The van der Waals surface area contributed by atoms with Crippen molar-refractivity contribution in [1.29, 1.82) is 5.26 Å². The van der Waals surface area contributed by atoms with Gasteiger partial charge in [0.25, 0.3) is 0 Å². The number of hydrogen-bond donors (Lipinski definition) is 0. The molecule has 2 fully saturated rings. The molecule has 2 aliphatic rings. The van der Waals surface area contributed by atoms with Crippen LogP contribution in [0.2, 0.25) is 0 Å². The standard InChI is InChI=1S/C17H21BFNO3/c1-15(2)16(3,4)23-18(22-15)12-5-6-14(13(19)9-12)21-11-17(10-20)7-8-17/h5-6,9H,7-8,11H2,1-4H3. The van der Waals surface area contributed by atoms with E-state index in [0.29, 0.717) is 5.46 Å². The summed E-state index contributed by atoms with van der Waals surface area (Å²) in [6.45, 7) is 8.06. The number of halogens is 1. The first kappa shape index (κ1) is 16.3. The Morgan fingerprint density at radius 1 is 1.22 bits per heavy atom. The molecule has 0 radical (unpaired) electrons. The summed E-state index contributed by atoms with van der Waals surface area (Å²) in [6, 6.07) is 6.92. The van der Waals surface area contributed by atoms with Crippen molar-refractivity contribution in [3.8, 4) is 11.8 Å². The molecule has 0 N–H and O–H groups in total. The van der Waals surface area contributed by atoms with E-state index in [9.17, 15) is 4.39 Å². The molecule has 6 heteroatoms. The maximum atomic E-state index is 14.3. The lowest BCUT2D eigenvalue weighted by atomic mass is 9.79. The summed E-state index contributed by atoms with van der Waals surface area (Å²) in [5, 5.41) is 9.03. The first-order valence-corrected chi connectivity index (χ1v) is 7.87. The van der Waals surface area contributed by atoms with Crippen molar-refractivity contribution in [2.24, 2.45) is 5.41 Å². The van der Waals surface area contributed by atoms with Gasteiger partial charge in [-0.05, 0) is 58.1 Å². The van der Waals surface area contributed by atoms with E-state index in [0.717, 1.165) is 12.8 Å². The van der Waals surface area contributed by atoms with Crippen LogP contribution in [0, 0.1) is 22.6 Å². The van der Waals surface area contributed by atoms with Gasteiger partial charge in [-0.25, -0.2) is 4.39 Å². The summed E-state index contributed by atoms with van der Waals surface area (Å²) in [6.07, 6.45) is 1.63. The van der Waals surface area contributed by atoms with E-state index in [2.05, 4.69) is 6.07 Å². The number of nitriles is 1. The van der Waals surface area contributed by atoms with Crippen molar-refractivity contribution < 1.29 is 18.4 Å². The Bertz CT molecular complexity index is 648. The molecular formula is C17H21BFNO3. The first-order valence-electron chi connectivity index (χ1n) is 7.87. The van der Waals surface area contributed by atoms with E-state index in [1.54, 1.807) is 12.1 Å². The molecule has 0 atom stereocenters. The quantitative estimate of drug-likeness (QED) is 0.801. The fraction of sp³-hybridized carbons (Fsp3) is 0.588. The molecule has 0 unspecified atom stereocenters. The number of ether oxygens (including phenoxy) is 1. The van der Waals surface area contributed by atoms with Gasteiger partial charge in [-0.2, -0.15) is 5.26 Å². The predicted octanol–water partition coefficient (Wildman–Crippen LogP) is 2.81. The monoisotopic (exact) mass is 317 g/mol. The third kappa shape index (κ3) is 2.96. The minimum atomic E-state index is -0.600. The normalized spacial score (nSPS) is 23.4. The second kappa shape index (κ2) is 5.22. The van der Waals surface area contributed by atoms with Crippen molar-refractivity contribution in [2.75, 3.05) is 6.61 Å². The van der Waals surface area contributed by atoms with E-state index in [4.69, 9.17) is 19.3 Å². The highest BCUT2D eigenvalue weighted by molar-refractivity contribution is 6.62. The van der Waals surface area contributed by atoms with Gasteiger partial charge in [0.2, 0.25) is 0 Å². The molecule has 1 heterocycles. The highest BCUT2D eigenvalue weighted by Gasteiger charge is 2.51. The Labute approximate surface area is 136 Å². The lowest BCUT2D eigenvalue weighted by molar-refractivity contribution is 0.00578. The molecule has 0 bridgehead atoms. The van der Waals surface area contributed by atoms with Crippen LogP contribution in [-0.4, -0.2) is 24.9 Å². The zero-order valence-corrected chi connectivity index (χ0v) is 14.0. The molecular weight excluding hydrogens is 296 g/mol. The first-order chi connectivity index (χ1) is 10.7. The minimum absolute atomic E-state index is 0.159. The van der Waals surface area contributed by atoms with Gasteiger partial charge < -0.3 is 14.0 Å². The van der Waals surface area contributed by atoms with Crippen molar-refractivity contribution in [3.05, 3.63) is 24.0 Å². The van der Waals surface area contributed by atoms with Crippen molar-refractivity contribution in [3.63, 3.8) is 0 Å². The number of benzene rings is 1. The molecule has 3 rings (SSSR count). The van der Waals surface area contributed by atoms with Crippen molar-refractivity contribution in [1.82, 2.24) is 0 Å². The third-order valence-corrected chi connectivity index (χ3v) is 5.08. The lowest BCUT2D eigenvalue weighted by Crippen LogP contribution is -2.41. The molecule has 0 aromatic heterocycles. The largest absolute Gasteiger partial charge is 0.494 e. The number of rotatable bonds is 4. The highest BCUT2D eigenvalue weighted by Crippen LogP contribution is 2.45. The van der Waals surface area contributed by atoms with E-state index in [1.165, 1.54) is 6.07 Å². The Balaban J connectivity index is 1.72. The van der Waals surface area contributed by atoms with Crippen LogP contribution in [0.15, 0.2) is 18.2 Å². The zero-order chi connectivity index (χ0) is 16.9. The van der Waals surface area contributed by atoms with E-state index in [-0.39, 0.29) is 12.4 Å². The van der Waals surface area contributed by atoms with Gasteiger partial charge in [-0.1, -0.05) is 6.07 Å². The number of hydrogen-bond acceptors (Lipinski definition) is 4. The Morgan fingerprint density at radius 2 is 1.83 bits per heavy atom. The summed E-state index contributed by atoms with van der Waals surface area (Å²) in [7, 11) is -0.600. The molecule has 23 heavy (non-hydrogen) atoms. The van der Waals surface area contributed by atoms with Crippen molar-refractivity contribution in [2.45, 2.75) is 51.7 Å². The fourth-order valence-corrected chi connectivity index (χ4v) is 2.42. The van der Waals surface area contributed by atoms with Gasteiger partial charge in [-0.15, -0.1) is 0 Å². The average Bonchev–Trinajstić information content (AvgIpc) is 3.20. The molecule has 1 saturated carbocycles. The maximum Gasteiger partial charge on any atom is 0.494 e. The predicted molar refractivity (Wildman–Crippen MR) is 84.9 cm³/mol. The van der Waals surface area contributed by atoms with Gasteiger partial charge in [0.15, 0.2) is 11.6 Å². The molecule has 0 amide bonds. The maximum absolute atomic E-state index is 14.3. The summed E-state index contributed by atoms with van der Waals surface area (Å²) in [5.41, 5.74) is -0.727. The van der Waals surface area contributed by atoms with E-state index >= 15 is 0 Å². The molecule has 1 aromatic rings. The highest BCUT2D eigenvalue weighted by atomic mass is 19.1. The summed E-state index contributed by atoms with van der Waals surface area (Å²) < 4.78 is 31.6. The van der Waals surface area contributed by atoms with Crippen LogP contribution in [0.4, 0.5) is 4.39 Å². The second-order valence-electron chi connectivity index (χ2n) is 7.46. The van der Waals surface area contributed by atoms with E-state index in [1.807, 2.05) is 27.7 Å². The second-order valence-corrected chi connectivity index (χ2v) is 7.46. The zero-order valence-electron chi connectivity index (χ0n) is 14.0. The van der Waals surface area contributed by atoms with Crippen LogP contribution in [0.25, 0.3) is 0 Å². The smallest absolute Gasteiger partial charge is 0.489 e. The molecule has 1 aliphatic heterocycles. The van der Waals surface area contributed by atoms with Gasteiger partial charge in [0, 0.05) is 0 Å². The molecule has 1 aliphatic carbocycles. The van der Waals surface area contributed by atoms with Gasteiger partial charge >= 0.3 is 7.12 Å². The molecule has 0 spiro atoms. The van der Waals surface area contributed by atoms with Crippen LogP contribution in [-0.2, 0) is 9.31 Å². The lowest BCUT2D eigenvalue weighted by Gasteiger charge is -2.32. The molecule has 122 valence electrons. The third-order valence-electron chi connectivity index (χ3n) is 5.08. The fourth-order valence-electron chi connectivity index (χ4n) is 2.42. The minimum Gasteiger partial charge on any atom is -0.489 e. The van der Waals surface area contributed by atoms with Crippen LogP contribution in [0.5, 0.6) is 5.75 Å². The van der Waals surface area contributed by atoms with E-state index < -0.39 is 29.6 Å². The Hall–Kier alpha value is -1.58. The SMILES string of the molecule is CC1(C)OB(c2ccc(OCC3(C#N)CC3)c(F)c2)OC1(C)C. The average molecular weight is 317 g/mol. The van der Waals surface area contributed by atoms with Gasteiger partial charge in [0.1, 0.15) is 6.61 Å². The van der Waals surface area contributed by atoms with Gasteiger partial charge in [0.05, 0.1) is 22.7 Å².